The Kier molecular flexibility index (Phi) is 8.20. The molecule has 0 radical (unpaired) electrons. The van der Waals surface area contributed by atoms with Crippen LogP contribution in [-0.2, 0) is 27.5 Å². The first-order chi connectivity index (χ1) is 17.4. The van der Waals surface area contributed by atoms with Crippen LogP contribution in [0.15, 0.2) is 72.8 Å². The first-order valence-corrected chi connectivity index (χ1v) is 11.7. The summed E-state index contributed by atoms with van der Waals surface area (Å²) in [6.07, 6.45) is -1.27. The lowest BCUT2D eigenvalue weighted by atomic mass is 10.1. The van der Waals surface area contributed by atoms with Gasteiger partial charge in [0, 0.05) is 6.42 Å². The molecule has 1 aromatic heterocycles. The molecule has 1 heterocycles. The summed E-state index contributed by atoms with van der Waals surface area (Å²) in [5.74, 6) is -1.32. The van der Waals surface area contributed by atoms with Crippen LogP contribution in [0.1, 0.15) is 28.2 Å². The van der Waals surface area contributed by atoms with Crippen LogP contribution in [-0.4, -0.2) is 33.9 Å². The Morgan fingerprint density at radius 3 is 2.08 bits per heavy atom. The van der Waals surface area contributed by atoms with Gasteiger partial charge in [0.05, 0.1) is 21.1 Å². The van der Waals surface area contributed by atoms with Crippen molar-refractivity contribution in [3.63, 3.8) is 0 Å². The van der Waals surface area contributed by atoms with Crippen LogP contribution in [0.2, 0.25) is 10.0 Å². The van der Waals surface area contributed by atoms with Crippen molar-refractivity contribution in [2.24, 2.45) is 0 Å². The van der Waals surface area contributed by atoms with Gasteiger partial charge in [0.1, 0.15) is 19.3 Å². The van der Waals surface area contributed by atoms with Crippen LogP contribution in [0.25, 0.3) is 11.0 Å². The van der Waals surface area contributed by atoms with Crippen molar-refractivity contribution < 1.29 is 23.9 Å². The molecule has 1 atom stereocenters. The predicted molar refractivity (Wildman–Crippen MR) is 135 cm³/mol. The van der Waals surface area contributed by atoms with Gasteiger partial charge in [0.15, 0.2) is 5.82 Å². The molecule has 0 saturated carbocycles. The molecule has 10 heteroatoms. The van der Waals surface area contributed by atoms with Crippen molar-refractivity contribution in [2.45, 2.75) is 25.7 Å². The van der Waals surface area contributed by atoms with Crippen molar-refractivity contribution in [2.75, 3.05) is 0 Å². The van der Waals surface area contributed by atoms with Crippen LogP contribution in [0.4, 0.5) is 4.79 Å². The number of ketones is 1. The van der Waals surface area contributed by atoms with Crippen molar-refractivity contribution in [1.82, 2.24) is 15.3 Å². The summed E-state index contributed by atoms with van der Waals surface area (Å²) in [5.41, 5.74) is 2.47. The summed E-state index contributed by atoms with van der Waals surface area (Å²) in [5, 5.41) is 3.03. The van der Waals surface area contributed by atoms with Crippen molar-refractivity contribution in [3.8, 4) is 0 Å². The zero-order chi connectivity index (χ0) is 25.5. The number of nitrogens with one attached hydrogen (secondary N) is 2. The molecule has 0 aliphatic carbocycles. The standard InChI is InChI=1S/C26H21Cl2N3O5/c27-18-11-20-21(12-19(18)28)30-24(29-20)23(32)13-22(25(33)35-14-16-7-3-1-4-8-16)31-26(34)36-15-17-9-5-2-6-10-17/h1-12,22H,13-15H2,(H,29,30)(H,31,34)/t22-/m1/s1. The van der Waals surface area contributed by atoms with E-state index in [2.05, 4.69) is 15.3 Å². The van der Waals surface area contributed by atoms with E-state index in [9.17, 15) is 14.4 Å². The third-order valence-electron chi connectivity index (χ3n) is 5.19. The molecule has 0 aliphatic rings. The van der Waals surface area contributed by atoms with Gasteiger partial charge < -0.3 is 19.8 Å². The smallest absolute Gasteiger partial charge is 0.408 e. The van der Waals surface area contributed by atoms with E-state index in [0.717, 1.165) is 11.1 Å². The summed E-state index contributed by atoms with van der Waals surface area (Å²) in [6.45, 7) is -0.0236. The van der Waals surface area contributed by atoms with E-state index in [1.54, 1.807) is 30.3 Å². The van der Waals surface area contributed by atoms with Gasteiger partial charge in [-0.15, -0.1) is 0 Å². The Hall–Kier alpha value is -3.88. The second-order valence-corrected chi connectivity index (χ2v) is 8.66. The number of hydrogen-bond acceptors (Lipinski definition) is 6. The summed E-state index contributed by atoms with van der Waals surface area (Å²) >= 11 is 12.1. The Labute approximate surface area is 216 Å². The highest BCUT2D eigenvalue weighted by Gasteiger charge is 2.28. The minimum absolute atomic E-state index is 0.00249. The van der Waals surface area contributed by atoms with Gasteiger partial charge in [-0.05, 0) is 23.3 Å². The minimum atomic E-state index is -1.30. The maximum absolute atomic E-state index is 13.0. The summed E-state index contributed by atoms with van der Waals surface area (Å²) in [4.78, 5) is 45.4. The number of ether oxygens (including phenoxy) is 2. The largest absolute Gasteiger partial charge is 0.459 e. The lowest BCUT2D eigenvalue weighted by Gasteiger charge is -2.17. The molecule has 4 rings (SSSR count). The number of rotatable bonds is 9. The number of Topliss-reactive ketones (excluding diaryl/α,β-unsaturated/α-hetero) is 1. The number of aromatic amines is 1. The highest BCUT2D eigenvalue weighted by atomic mass is 35.5. The number of amides is 1. The van der Waals surface area contributed by atoms with Gasteiger partial charge in [0.2, 0.25) is 5.78 Å². The van der Waals surface area contributed by atoms with Crippen LogP contribution >= 0.6 is 23.2 Å². The molecule has 0 bridgehead atoms. The molecule has 1 amide bonds. The van der Waals surface area contributed by atoms with Gasteiger partial charge in [-0.25, -0.2) is 14.6 Å². The number of esters is 1. The molecule has 2 N–H and O–H groups in total. The Bertz CT molecular complexity index is 1340. The monoisotopic (exact) mass is 525 g/mol. The molecule has 36 heavy (non-hydrogen) atoms. The number of imidazole rings is 1. The van der Waals surface area contributed by atoms with Gasteiger partial charge in [0.25, 0.3) is 0 Å². The molecule has 8 nitrogen and oxygen atoms in total. The number of carbonyl (C=O) groups excluding carboxylic acids is 3. The van der Waals surface area contributed by atoms with Gasteiger partial charge >= 0.3 is 12.1 Å². The Morgan fingerprint density at radius 1 is 0.861 bits per heavy atom. The molecule has 3 aromatic carbocycles. The molecule has 0 spiro atoms. The summed E-state index contributed by atoms with van der Waals surface area (Å²) < 4.78 is 10.6. The second kappa shape index (κ2) is 11.7. The average molecular weight is 526 g/mol. The zero-order valence-electron chi connectivity index (χ0n) is 18.9. The number of aromatic nitrogens is 2. The topological polar surface area (TPSA) is 110 Å². The van der Waals surface area contributed by atoms with E-state index in [1.807, 2.05) is 36.4 Å². The van der Waals surface area contributed by atoms with E-state index in [4.69, 9.17) is 32.7 Å². The highest BCUT2D eigenvalue weighted by Crippen LogP contribution is 2.26. The zero-order valence-corrected chi connectivity index (χ0v) is 20.4. The van der Waals surface area contributed by atoms with Crippen molar-refractivity contribution in [3.05, 3.63) is 99.8 Å². The van der Waals surface area contributed by atoms with Gasteiger partial charge in [-0.1, -0.05) is 83.9 Å². The maximum Gasteiger partial charge on any atom is 0.408 e. The number of benzene rings is 3. The van der Waals surface area contributed by atoms with E-state index < -0.39 is 30.3 Å². The van der Waals surface area contributed by atoms with Crippen LogP contribution < -0.4 is 5.32 Å². The number of hydrogen-bond donors (Lipinski definition) is 2. The Morgan fingerprint density at radius 2 is 1.44 bits per heavy atom. The number of nitrogens with zero attached hydrogens (tertiary/aromatic N) is 1. The molecule has 4 aromatic rings. The quantitative estimate of drug-likeness (QED) is 0.221. The fourth-order valence-electron chi connectivity index (χ4n) is 3.35. The van der Waals surface area contributed by atoms with Crippen LogP contribution in [0.5, 0.6) is 0 Å². The molecular formula is C26H21Cl2N3O5. The first-order valence-electron chi connectivity index (χ1n) is 10.9. The van der Waals surface area contributed by atoms with Crippen LogP contribution in [0.3, 0.4) is 0 Å². The van der Waals surface area contributed by atoms with E-state index in [1.165, 1.54) is 6.07 Å². The summed E-state index contributed by atoms with van der Waals surface area (Å²) in [7, 11) is 0. The van der Waals surface area contributed by atoms with Crippen LogP contribution in [0, 0.1) is 0 Å². The predicted octanol–water partition coefficient (Wildman–Crippen LogP) is 5.48. The number of halogens is 2. The van der Waals surface area contributed by atoms with E-state index in [0.29, 0.717) is 21.1 Å². The summed E-state index contributed by atoms with van der Waals surface area (Å²) in [6, 6.07) is 19.9. The third kappa shape index (κ3) is 6.62. The Balaban J connectivity index is 1.46. The second-order valence-electron chi connectivity index (χ2n) is 7.85. The number of alkyl carbamates (subject to hydrolysis) is 1. The van der Waals surface area contributed by atoms with Crippen molar-refractivity contribution >= 4 is 52.1 Å². The highest BCUT2D eigenvalue weighted by molar-refractivity contribution is 6.42. The first kappa shape index (κ1) is 25.2. The average Bonchev–Trinajstić information content (AvgIpc) is 3.30. The third-order valence-corrected chi connectivity index (χ3v) is 5.91. The van der Waals surface area contributed by atoms with E-state index >= 15 is 0 Å². The fourth-order valence-corrected chi connectivity index (χ4v) is 3.67. The molecule has 0 saturated heterocycles. The SMILES string of the molecule is O=C(N[C@H](CC(=O)c1nc2cc(Cl)c(Cl)cc2[nH]1)C(=O)OCc1ccccc1)OCc1ccccc1. The molecule has 0 unspecified atom stereocenters. The van der Waals surface area contributed by atoms with Crippen molar-refractivity contribution in [1.29, 1.82) is 0 Å². The normalized spacial score (nSPS) is 11.6. The lowest BCUT2D eigenvalue weighted by Crippen LogP contribution is -2.43. The van der Waals surface area contributed by atoms with Gasteiger partial charge in [-0.2, -0.15) is 0 Å². The molecule has 0 fully saturated rings. The minimum Gasteiger partial charge on any atom is -0.459 e. The molecule has 0 aliphatic heterocycles. The number of fused-ring (bicyclic) bond motifs is 1. The molecular weight excluding hydrogens is 505 g/mol. The van der Waals surface area contributed by atoms with E-state index in [-0.39, 0.29) is 19.0 Å². The maximum atomic E-state index is 13.0. The molecule has 184 valence electrons. The lowest BCUT2D eigenvalue weighted by molar-refractivity contribution is -0.147. The fraction of sp³-hybridized carbons (Fsp3) is 0.154. The number of carbonyl (C=O) groups is 3. The number of H-pyrrole nitrogens is 1. The van der Waals surface area contributed by atoms with Gasteiger partial charge in [-0.3, -0.25) is 4.79 Å².